The second kappa shape index (κ2) is 5.40. The Morgan fingerprint density at radius 1 is 0.882 bits per heavy atom. The zero-order chi connectivity index (χ0) is 12.4. The summed E-state index contributed by atoms with van der Waals surface area (Å²) in [5, 5.41) is 11.4. The first-order chi connectivity index (χ1) is 8.06. The van der Waals surface area contributed by atoms with Crippen LogP contribution in [0.4, 0.5) is 0 Å². The number of benzene rings is 2. The molecule has 0 fully saturated rings. The molecule has 0 bridgehead atoms. The second-order valence-corrected chi connectivity index (χ2v) is 5.45. The lowest BCUT2D eigenvalue weighted by Gasteiger charge is -2.12. The maximum absolute atomic E-state index is 10.2. The molecule has 4 heteroatoms. The van der Waals surface area contributed by atoms with Gasteiger partial charge in [0.15, 0.2) is 0 Å². The first kappa shape index (κ1) is 12.9. The van der Waals surface area contributed by atoms with E-state index in [-0.39, 0.29) is 0 Å². The summed E-state index contributed by atoms with van der Waals surface area (Å²) in [6.45, 7) is 0. The van der Waals surface area contributed by atoms with E-state index in [1.807, 2.05) is 6.07 Å². The Morgan fingerprint density at radius 2 is 1.53 bits per heavy atom. The Balaban J connectivity index is 2.36. The fraction of sp³-hybridized carbons (Fsp3) is 0.0769. The third-order valence-corrected chi connectivity index (χ3v) is 3.31. The molecule has 0 aliphatic heterocycles. The predicted molar refractivity (Wildman–Crippen MR) is 74.7 cm³/mol. The number of hydrogen-bond donors (Lipinski definition) is 1. The third-order valence-electron chi connectivity index (χ3n) is 2.39. The largest absolute Gasteiger partial charge is 0.384 e. The van der Waals surface area contributed by atoms with Gasteiger partial charge in [-0.2, -0.15) is 0 Å². The van der Waals surface area contributed by atoms with Crippen LogP contribution in [0.25, 0.3) is 0 Å². The molecule has 0 amide bonds. The van der Waals surface area contributed by atoms with Crippen molar-refractivity contribution in [3.8, 4) is 0 Å². The smallest absolute Gasteiger partial charge is 0.104 e. The summed E-state index contributed by atoms with van der Waals surface area (Å²) in [4.78, 5) is 0. The van der Waals surface area contributed by atoms with E-state index >= 15 is 0 Å². The lowest BCUT2D eigenvalue weighted by atomic mass is 10.0. The number of aliphatic hydroxyl groups is 1. The SMILES string of the molecule is OC(c1ccc(Cl)cc1)c1cc(Cl)cc(Br)c1. The van der Waals surface area contributed by atoms with Crippen LogP contribution in [0, 0.1) is 0 Å². The predicted octanol–water partition coefficient (Wildman–Crippen LogP) is 4.84. The average molecular weight is 332 g/mol. The molecule has 0 aliphatic carbocycles. The van der Waals surface area contributed by atoms with Crippen LogP contribution in [0.1, 0.15) is 17.2 Å². The maximum Gasteiger partial charge on any atom is 0.104 e. The van der Waals surface area contributed by atoms with Crippen LogP contribution in [-0.2, 0) is 0 Å². The van der Waals surface area contributed by atoms with Crippen LogP contribution in [0.3, 0.4) is 0 Å². The van der Waals surface area contributed by atoms with Crippen LogP contribution >= 0.6 is 39.1 Å². The fourth-order valence-electron chi connectivity index (χ4n) is 1.57. The molecule has 0 saturated carbocycles. The van der Waals surface area contributed by atoms with E-state index in [2.05, 4.69) is 15.9 Å². The van der Waals surface area contributed by atoms with Gasteiger partial charge in [-0.3, -0.25) is 0 Å². The highest BCUT2D eigenvalue weighted by Crippen LogP contribution is 2.28. The van der Waals surface area contributed by atoms with Gasteiger partial charge in [-0.05, 0) is 41.5 Å². The van der Waals surface area contributed by atoms with Gasteiger partial charge in [0.25, 0.3) is 0 Å². The lowest BCUT2D eigenvalue weighted by Crippen LogP contribution is -1.99. The minimum absolute atomic E-state index is 0.586. The Kier molecular flexibility index (Phi) is 4.10. The molecule has 1 nitrogen and oxygen atoms in total. The number of halogens is 3. The summed E-state index contributed by atoms with van der Waals surface area (Å²) >= 11 is 15.1. The van der Waals surface area contributed by atoms with E-state index in [9.17, 15) is 5.11 Å². The number of hydrogen-bond acceptors (Lipinski definition) is 1. The van der Waals surface area contributed by atoms with Crippen molar-refractivity contribution in [2.24, 2.45) is 0 Å². The van der Waals surface area contributed by atoms with Crippen molar-refractivity contribution >= 4 is 39.1 Å². The summed E-state index contributed by atoms with van der Waals surface area (Å²) in [6.07, 6.45) is -0.706. The topological polar surface area (TPSA) is 20.2 Å². The molecule has 2 aromatic rings. The number of aliphatic hydroxyl groups excluding tert-OH is 1. The minimum Gasteiger partial charge on any atom is -0.384 e. The van der Waals surface area contributed by atoms with Crippen molar-refractivity contribution in [2.45, 2.75) is 6.10 Å². The van der Waals surface area contributed by atoms with E-state index < -0.39 is 6.10 Å². The van der Waals surface area contributed by atoms with E-state index in [4.69, 9.17) is 23.2 Å². The van der Waals surface area contributed by atoms with E-state index in [0.717, 1.165) is 15.6 Å². The van der Waals surface area contributed by atoms with Gasteiger partial charge in [-0.25, -0.2) is 0 Å². The summed E-state index contributed by atoms with van der Waals surface area (Å²) < 4.78 is 0.841. The lowest BCUT2D eigenvalue weighted by molar-refractivity contribution is 0.220. The van der Waals surface area contributed by atoms with E-state index in [0.29, 0.717) is 10.0 Å². The highest BCUT2D eigenvalue weighted by atomic mass is 79.9. The van der Waals surface area contributed by atoms with Crippen LogP contribution in [0.2, 0.25) is 10.0 Å². The zero-order valence-corrected chi connectivity index (χ0v) is 11.8. The highest BCUT2D eigenvalue weighted by molar-refractivity contribution is 9.10. The quantitative estimate of drug-likeness (QED) is 0.835. The summed E-state index contributed by atoms with van der Waals surface area (Å²) in [5.74, 6) is 0. The average Bonchev–Trinajstić information content (AvgIpc) is 2.28. The molecule has 2 rings (SSSR count). The van der Waals surface area contributed by atoms with Crippen molar-refractivity contribution in [1.29, 1.82) is 0 Å². The highest BCUT2D eigenvalue weighted by Gasteiger charge is 2.11. The Bertz CT molecular complexity index is 505. The van der Waals surface area contributed by atoms with Crippen molar-refractivity contribution in [2.75, 3.05) is 0 Å². The fourth-order valence-corrected chi connectivity index (χ4v) is 2.58. The monoisotopic (exact) mass is 330 g/mol. The van der Waals surface area contributed by atoms with Crippen molar-refractivity contribution < 1.29 is 5.11 Å². The molecule has 0 radical (unpaired) electrons. The summed E-state index contributed by atoms with van der Waals surface area (Å²) in [6, 6.07) is 12.4. The van der Waals surface area contributed by atoms with Crippen molar-refractivity contribution in [1.82, 2.24) is 0 Å². The molecule has 0 saturated heterocycles. The molecule has 2 aromatic carbocycles. The molecular formula is C13H9BrCl2O. The molecule has 1 N–H and O–H groups in total. The molecule has 0 aromatic heterocycles. The van der Waals surface area contributed by atoms with Gasteiger partial charge in [0.1, 0.15) is 6.10 Å². The van der Waals surface area contributed by atoms with Crippen molar-refractivity contribution in [3.05, 3.63) is 68.1 Å². The molecule has 1 atom stereocenters. The van der Waals surface area contributed by atoms with Gasteiger partial charge < -0.3 is 5.11 Å². The molecule has 0 heterocycles. The molecule has 0 spiro atoms. The molecule has 1 unspecified atom stereocenters. The normalized spacial score (nSPS) is 12.5. The molecular weight excluding hydrogens is 323 g/mol. The second-order valence-electron chi connectivity index (χ2n) is 3.66. The van der Waals surface area contributed by atoms with Gasteiger partial charge in [0, 0.05) is 14.5 Å². The van der Waals surface area contributed by atoms with Crippen LogP contribution in [0.15, 0.2) is 46.9 Å². The maximum atomic E-state index is 10.2. The minimum atomic E-state index is -0.706. The van der Waals surface area contributed by atoms with Crippen LogP contribution in [0.5, 0.6) is 0 Å². The molecule has 88 valence electrons. The van der Waals surface area contributed by atoms with Crippen LogP contribution in [-0.4, -0.2) is 5.11 Å². The van der Waals surface area contributed by atoms with Gasteiger partial charge in [0.05, 0.1) is 0 Å². The summed E-state index contributed by atoms with van der Waals surface area (Å²) in [5.41, 5.74) is 1.52. The molecule has 17 heavy (non-hydrogen) atoms. The summed E-state index contributed by atoms with van der Waals surface area (Å²) in [7, 11) is 0. The van der Waals surface area contributed by atoms with Gasteiger partial charge >= 0.3 is 0 Å². The zero-order valence-electron chi connectivity index (χ0n) is 8.70. The first-order valence-electron chi connectivity index (χ1n) is 4.96. The van der Waals surface area contributed by atoms with Gasteiger partial charge in [-0.1, -0.05) is 51.3 Å². The van der Waals surface area contributed by atoms with E-state index in [1.54, 1.807) is 36.4 Å². The Labute approximate surface area is 118 Å². The Hall–Kier alpha value is -0.540. The third kappa shape index (κ3) is 3.23. The van der Waals surface area contributed by atoms with Gasteiger partial charge in [0.2, 0.25) is 0 Å². The first-order valence-corrected chi connectivity index (χ1v) is 6.50. The standard InChI is InChI=1S/C13H9BrCl2O/c14-10-5-9(6-12(16)7-10)13(17)8-1-3-11(15)4-2-8/h1-7,13,17H. The van der Waals surface area contributed by atoms with Crippen LogP contribution < -0.4 is 0 Å². The van der Waals surface area contributed by atoms with E-state index in [1.165, 1.54) is 0 Å². The Morgan fingerprint density at radius 3 is 2.12 bits per heavy atom. The number of rotatable bonds is 2. The van der Waals surface area contributed by atoms with Crippen molar-refractivity contribution in [3.63, 3.8) is 0 Å². The van der Waals surface area contributed by atoms with Gasteiger partial charge in [-0.15, -0.1) is 0 Å². The molecule has 0 aliphatic rings.